The molecule has 0 bridgehead atoms. The zero-order valence-corrected chi connectivity index (χ0v) is 23.9. The number of aromatic nitrogens is 1. The number of para-hydroxylation sites is 1. The van der Waals surface area contributed by atoms with Crippen molar-refractivity contribution in [2.45, 2.75) is 63.6 Å². The molecule has 10 nitrogen and oxygen atoms in total. The highest BCUT2D eigenvalue weighted by atomic mass is 16.6. The maximum Gasteiger partial charge on any atom is 0.408 e. The Morgan fingerprint density at radius 1 is 1.05 bits per heavy atom. The van der Waals surface area contributed by atoms with Gasteiger partial charge in [0.05, 0.1) is 6.04 Å². The molecule has 42 heavy (non-hydrogen) atoms. The van der Waals surface area contributed by atoms with Crippen LogP contribution in [-0.2, 0) is 25.5 Å². The van der Waals surface area contributed by atoms with Gasteiger partial charge in [-0.3, -0.25) is 9.59 Å². The zero-order chi connectivity index (χ0) is 30.1. The lowest BCUT2D eigenvalue weighted by Gasteiger charge is -2.33. The number of fused-ring (bicyclic) bond motifs is 1. The van der Waals surface area contributed by atoms with Crippen molar-refractivity contribution in [3.63, 3.8) is 0 Å². The number of hydrogen-bond donors (Lipinski definition) is 5. The molecule has 222 valence electrons. The van der Waals surface area contributed by atoms with Crippen LogP contribution in [0.4, 0.5) is 4.79 Å². The Bertz CT molecular complexity index is 1440. The van der Waals surface area contributed by atoms with E-state index in [1.54, 1.807) is 31.2 Å². The number of alkyl carbamates (subject to hydrolysis) is 1. The summed E-state index contributed by atoms with van der Waals surface area (Å²) in [6, 6.07) is 16.1. The topological polar surface area (TPSA) is 150 Å². The molecular weight excluding hydrogens is 536 g/mol. The Kier molecular flexibility index (Phi) is 10.0. The summed E-state index contributed by atoms with van der Waals surface area (Å²) in [6.07, 6.45) is 6.68. The number of benzene rings is 2. The van der Waals surface area contributed by atoms with E-state index in [2.05, 4.69) is 27.9 Å². The third kappa shape index (κ3) is 7.99. The molecule has 0 aliphatic heterocycles. The zero-order valence-electron chi connectivity index (χ0n) is 23.9. The van der Waals surface area contributed by atoms with Crippen LogP contribution >= 0.6 is 0 Å². The lowest BCUT2D eigenvalue weighted by Crippen LogP contribution is -2.59. The quantitative estimate of drug-likeness (QED) is 0.215. The Balaban J connectivity index is 1.54. The SMILES string of the molecule is C[C@@H]1CCCC[C@H]1OC(=O)N[C@](C)(Cc1c[nH]c2ccccc12)C(=O)NC[C@H](NC(=O)/C=C/C(=O)O)c1ccccc1. The van der Waals surface area contributed by atoms with E-state index in [0.29, 0.717) is 5.56 Å². The van der Waals surface area contributed by atoms with Gasteiger partial charge in [-0.05, 0) is 49.3 Å². The number of amides is 3. The summed E-state index contributed by atoms with van der Waals surface area (Å²) in [7, 11) is 0. The van der Waals surface area contributed by atoms with Crippen molar-refractivity contribution in [1.82, 2.24) is 20.9 Å². The Hall–Kier alpha value is -4.60. The van der Waals surface area contributed by atoms with Crippen molar-refractivity contribution < 1.29 is 29.0 Å². The first-order valence-corrected chi connectivity index (χ1v) is 14.2. The molecule has 3 amide bonds. The van der Waals surface area contributed by atoms with Crippen LogP contribution in [0.5, 0.6) is 0 Å². The maximum atomic E-state index is 13.9. The predicted octanol–water partition coefficient (Wildman–Crippen LogP) is 4.39. The Labute approximate surface area is 244 Å². The van der Waals surface area contributed by atoms with Crippen LogP contribution in [-0.4, -0.2) is 52.2 Å². The van der Waals surface area contributed by atoms with Gasteiger partial charge in [0.15, 0.2) is 0 Å². The molecule has 0 saturated heterocycles. The third-order valence-corrected chi connectivity index (χ3v) is 7.75. The standard InChI is InChI=1S/C32H38N4O6/c1-21-10-6-9-15-27(21)42-31(41)36-32(2,18-23-19-33-25-14-8-7-13-24(23)25)30(40)34-20-26(22-11-4-3-5-12-22)35-28(37)16-17-29(38)39/h3-5,7-8,11-14,16-17,19,21,26-27,33H,6,9-10,15,18,20H2,1-2H3,(H,34,40)(H,35,37)(H,36,41)(H,38,39)/b17-16+/t21-,26+,27-,32-/m1/s1. The number of carboxylic acids is 1. The predicted molar refractivity (Wildman–Crippen MR) is 159 cm³/mol. The van der Waals surface area contributed by atoms with E-state index >= 15 is 0 Å². The fourth-order valence-electron chi connectivity index (χ4n) is 5.38. The average molecular weight is 575 g/mol. The molecule has 10 heteroatoms. The van der Waals surface area contributed by atoms with E-state index in [4.69, 9.17) is 9.84 Å². The molecule has 0 radical (unpaired) electrons. The van der Waals surface area contributed by atoms with Crippen molar-refractivity contribution in [2.24, 2.45) is 5.92 Å². The Morgan fingerprint density at radius 3 is 2.50 bits per heavy atom. The summed E-state index contributed by atoms with van der Waals surface area (Å²) in [6.45, 7) is 3.72. The third-order valence-electron chi connectivity index (χ3n) is 7.75. The highest BCUT2D eigenvalue weighted by Gasteiger charge is 2.38. The number of ether oxygens (including phenoxy) is 1. The molecule has 1 aliphatic rings. The van der Waals surface area contributed by atoms with E-state index in [1.165, 1.54) is 0 Å². The minimum atomic E-state index is -1.39. The molecule has 1 aromatic heterocycles. The first-order valence-electron chi connectivity index (χ1n) is 14.2. The summed E-state index contributed by atoms with van der Waals surface area (Å²) in [4.78, 5) is 53.5. The van der Waals surface area contributed by atoms with Crippen LogP contribution < -0.4 is 16.0 Å². The van der Waals surface area contributed by atoms with Gasteiger partial charge in [-0.15, -0.1) is 0 Å². The fourth-order valence-corrected chi connectivity index (χ4v) is 5.38. The summed E-state index contributed by atoms with van der Waals surface area (Å²) < 4.78 is 5.80. The van der Waals surface area contributed by atoms with Crippen molar-refractivity contribution in [3.8, 4) is 0 Å². The van der Waals surface area contributed by atoms with Crippen LogP contribution in [0.25, 0.3) is 10.9 Å². The minimum Gasteiger partial charge on any atom is -0.478 e. The number of rotatable bonds is 11. The van der Waals surface area contributed by atoms with Gasteiger partial charge in [-0.25, -0.2) is 9.59 Å². The molecule has 3 aromatic rings. The summed E-state index contributed by atoms with van der Waals surface area (Å²) in [5.74, 6) is -2.09. The monoisotopic (exact) mass is 574 g/mol. The van der Waals surface area contributed by atoms with Crippen LogP contribution in [0.15, 0.2) is 72.9 Å². The van der Waals surface area contributed by atoms with Gasteiger partial charge in [-0.2, -0.15) is 0 Å². The molecule has 1 aliphatic carbocycles. The minimum absolute atomic E-state index is 0.00460. The summed E-state index contributed by atoms with van der Waals surface area (Å²) >= 11 is 0. The summed E-state index contributed by atoms with van der Waals surface area (Å²) in [5.41, 5.74) is 1.08. The molecule has 5 N–H and O–H groups in total. The van der Waals surface area contributed by atoms with Crippen molar-refractivity contribution in [1.29, 1.82) is 0 Å². The second-order valence-electron chi connectivity index (χ2n) is 11.1. The fraction of sp³-hybridized carbons (Fsp3) is 0.375. The maximum absolute atomic E-state index is 13.9. The van der Waals surface area contributed by atoms with Gasteiger partial charge >= 0.3 is 12.1 Å². The molecule has 1 heterocycles. The van der Waals surface area contributed by atoms with Crippen molar-refractivity contribution >= 4 is 34.8 Å². The number of hydrogen-bond acceptors (Lipinski definition) is 5. The highest BCUT2D eigenvalue weighted by Crippen LogP contribution is 2.27. The number of carbonyl (C=O) groups is 4. The van der Waals surface area contributed by atoms with E-state index in [-0.39, 0.29) is 25.0 Å². The highest BCUT2D eigenvalue weighted by molar-refractivity contribution is 5.94. The molecule has 1 fully saturated rings. The first-order chi connectivity index (χ1) is 20.1. The lowest BCUT2D eigenvalue weighted by molar-refractivity contribution is -0.131. The molecular formula is C32H38N4O6. The van der Waals surface area contributed by atoms with Crippen molar-refractivity contribution in [3.05, 3.63) is 84.1 Å². The molecule has 2 aromatic carbocycles. The van der Waals surface area contributed by atoms with Crippen LogP contribution in [0.3, 0.4) is 0 Å². The smallest absolute Gasteiger partial charge is 0.408 e. The van der Waals surface area contributed by atoms with E-state index in [0.717, 1.165) is 54.3 Å². The number of nitrogens with one attached hydrogen (secondary N) is 4. The molecule has 4 rings (SSSR count). The van der Waals surface area contributed by atoms with Crippen LogP contribution in [0.2, 0.25) is 0 Å². The molecule has 0 unspecified atom stereocenters. The van der Waals surface area contributed by atoms with E-state index in [9.17, 15) is 19.2 Å². The number of aliphatic carboxylic acids is 1. The Morgan fingerprint density at radius 2 is 1.76 bits per heavy atom. The van der Waals surface area contributed by atoms with Crippen LogP contribution in [0.1, 0.15) is 56.7 Å². The summed E-state index contributed by atoms with van der Waals surface area (Å²) in [5, 5.41) is 18.3. The number of aromatic amines is 1. The number of carbonyl (C=O) groups excluding carboxylic acids is 3. The average Bonchev–Trinajstić information content (AvgIpc) is 3.37. The van der Waals surface area contributed by atoms with Crippen molar-refractivity contribution in [2.75, 3.05) is 6.54 Å². The van der Waals surface area contributed by atoms with Crippen LogP contribution in [0, 0.1) is 5.92 Å². The second kappa shape index (κ2) is 13.8. The van der Waals surface area contributed by atoms with Gasteiger partial charge in [0, 0.05) is 42.2 Å². The van der Waals surface area contributed by atoms with E-state index < -0.39 is 35.5 Å². The normalized spacial score (nSPS) is 19.0. The first kappa shape index (κ1) is 30.4. The van der Waals surface area contributed by atoms with Gasteiger partial charge in [0.25, 0.3) is 0 Å². The second-order valence-corrected chi connectivity index (χ2v) is 11.1. The van der Waals surface area contributed by atoms with Gasteiger partial charge in [-0.1, -0.05) is 61.9 Å². The molecule has 1 saturated carbocycles. The van der Waals surface area contributed by atoms with Gasteiger partial charge in [0.1, 0.15) is 11.6 Å². The molecule has 0 spiro atoms. The lowest BCUT2D eigenvalue weighted by atomic mass is 9.88. The van der Waals surface area contributed by atoms with Gasteiger partial charge in [0.2, 0.25) is 11.8 Å². The van der Waals surface area contributed by atoms with Gasteiger partial charge < -0.3 is 30.8 Å². The van der Waals surface area contributed by atoms with E-state index in [1.807, 2.05) is 36.5 Å². The number of H-pyrrole nitrogens is 1. The largest absolute Gasteiger partial charge is 0.478 e. The number of carboxylic acid groups (broad SMARTS) is 1. The molecule has 4 atom stereocenters.